The van der Waals surface area contributed by atoms with E-state index in [0.717, 1.165) is 21.3 Å². The second-order valence-electron chi connectivity index (χ2n) is 7.31. The third kappa shape index (κ3) is 5.21. The number of halogens is 1. The SMILES string of the molecule is COc1ccc(Br)cc1/C=N/NC(=O)CSc1nc2ccccc2c(=O)n1-c1ccccc1C. The molecule has 9 heteroatoms. The van der Waals surface area contributed by atoms with Gasteiger partial charge in [0.05, 0.1) is 35.7 Å². The quantitative estimate of drug-likeness (QED) is 0.160. The molecule has 0 saturated heterocycles. The Balaban J connectivity index is 1.57. The number of carbonyl (C=O) groups is 1. The zero-order chi connectivity index (χ0) is 24.1. The van der Waals surface area contributed by atoms with Crippen LogP contribution in [0.15, 0.2) is 86.3 Å². The molecule has 1 amide bonds. The number of amides is 1. The fourth-order valence-electron chi connectivity index (χ4n) is 3.38. The van der Waals surface area contributed by atoms with E-state index < -0.39 is 0 Å². The fourth-order valence-corrected chi connectivity index (χ4v) is 4.55. The number of hydrogen-bond donors (Lipinski definition) is 1. The maximum Gasteiger partial charge on any atom is 0.266 e. The van der Waals surface area contributed by atoms with Gasteiger partial charge in [-0.1, -0.05) is 58.0 Å². The van der Waals surface area contributed by atoms with E-state index in [1.165, 1.54) is 18.0 Å². The van der Waals surface area contributed by atoms with Gasteiger partial charge in [-0.15, -0.1) is 0 Å². The summed E-state index contributed by atoms with van der Waals surface area (Å²) in [4.78, 5) is 30.5. The summed E-state index contributed by atoms with van der Waals surface area (Å²) in [5, 5.41) is 4.99. The lowest BCUT2D eigenvalue weighted by Gasteiger charge is -2.14. The van der Waals surface area contributed by atoms with Crippen molar-refractivity contribution >= 4 is 50.7 Å². The van der Waals surface area contributed by atoms with Gasteiger partial charge in [0, 0.05) is 10.0 Å². The lowest BCUT2D eigenvalue weighted by molar-refractivity contribution is -0.118. The largest absolute Gasteiger partial charge is 0.496 e. The van der Waals surface area contributed by atoms with Crippen LogP contribution in [-0.2, 0) is 4.79 Å². The predicted molar refractivity (Wildman–Crippen MR) is 139 cm³/mol. The highest BCUT2D eigenvalue weighted by molar-refractivity contribution is 9.10. The minimum absolute atomic E-state index is 0.0314. The topological polar surface area (TPSA) is 85.6 Å². The van der Waals surface area contributed by atoms with E-state index in [4.69, 9.17) is 4.74 Å². The molecule has 1 aromatic heterocycles. The van der Waals surface area contributed by atoms with Crippen LogP contribution in [0.3, 0.4) is 0 Å². The Morgan fingerprint density at radius 2 is 1.94 bits per heavy atom. The first-order valence-corrected chi connectivity index (χ1v) is 12.1. The number of rotatable bonds is 7. The van der Waals surface area contributed by atoms with E-state index in [9.17, 15) is 9.59 Å². The Morgan fingerprint density at radius 3 is 2.74 bits per heavy atom. The van der Waals surface area contributed by atoms with Crippen LogP contribution in [0.2, 0.25) is 0 Å². The summed E-state index contributed by atoms with van der Waals surface area (Å²) >= 11 is 4.59. The smallest absolute Gasteiger partial charge is 0.266 e. The van der Waals surface area contributed by atoms with Crippen LogP contribution in [0.1, 0.15) is 11.1 Å². The number of nitrogens with one attached hydrogen (secondary N) is 1. The lowest BCUT2D eigenvalue weighted by Crippen LogP contribution is -2.24. The van der Waals surface area contributed by atoms with Crippen LogP contribution in [0.25, 0.3) is 16.6 Å². The van der Waals surface area contributed by atoms with E-state index in [2.05, 4.69) is 31.4 Å². The van der Waals surface area contributed by atoms with Crippen LogP contribution in [0, 0.1) is 6.92 Å². The van der Waals surface area contributed by atoms with Crippen molar-refractivity contribution in [3.63, 3.8) is 0 Å². The number of aryl methyl sites for hydroxylation is 1. The summed E-state index contributed by atoms with van der Waals surface area (Å²) in [7, 11) is 1.57. The van der Waals surface area contributed by atoms with Crippen LogP contribution < -0.4 is 15.7 Å². The summed E-state index contributed by atoms with van der Waals surface area (Å²) in [6.07, 6.45) is 1.52. The predicted octanol–water partition coefficient (Wildman–Crippen LogP) is 4.71. The molecule has 1 N–H and O–H groups in total. The molecular weight excluding hydrogens is 516 g/mol. The Hall–Kier alpha value is -3.43. The highest BCUT2D eigenvalue weighted by atomic mass is 79.9. The molecule has 0 radical (unpaired) electrons. The Bertz CT molecular complexity index is 1450. The van der Waals surface area contributed by atoms with E-state index >= 15 is 0 Å². The number of aromatic nitrogens is 2. The first kappa shape index (κ1) is 23.7. The molecule has 0 fully saturated rings. The number of nitrogens with zero attached hydrogens (tertiary/aromatic N) is 3. The fraction of sp³-hybridized carbons (Fsp3) is 0.120. The zero-order valence-electron chi connectivity index (χ0n) is 18.5. The molecule has 172 valence electrons. The van der Waals surface area contributed by atoms with Gasteiger partial charge in [-0.3, -0.25) is 14.2 Å². The minimum Gasteiger partial charge on any atom is -0.496 e. The Morgan fingerprint density at radius 1 is 1.18 bits per heavy atom. The van der Waals surface area contributed by atoms with Crippen molar-refractivity contribution in [1.82, 2.24) is 15.0 Å². The van der Waals surface area contributed by atoms with Crippen molar-refractivity contribution in [3.8, 4) is 11.4 Å². The normalized spacial score (nSPS) is 11.1. The van der Waals surface area contributed by atoms with E-state index in [1.807, 2.05) is 55.5 Å². The third-order valence-corrected chi connectivity index (χ3v) is 6.45. The molecule has 1 heterocycles. The Kier molecular flexibility index (Phi) is 7.44. The number of thioether (sulfide) groups is 1. The summed E-state index contributed by atoms with van der Waals surface area (Å²) in [5.41, 5.74) is 5.30. The van der Waals surface area contributed by atoms with E-state index in [-0.39, 0.29) is 17.2 Å². The molecule has 0 bridgehead atoms. The number of ether oxygens (including phenoxy) is 1. The number of benzene rings is 3. The van der Waals surface area contributed by atoms with Gasteiger partial charge >= 0.3 is 0 Å². The van der Waals surface area contributed by atoms with E-state index in [0.29, 0.717) is 21.8 Å². The zero-order valence-corrected chi connectivity index (χ0v) is 20.9. The van der Waals surface area contributed by atoms with Crippen molar-refractivity contribution < 1.29 is 9.53 Å². The molecule has 0 atom stereocenters. The van der Waals surface area contributed by atoms with E-state index in [1.54, 1.807) is 29.9 Å². The lowest BCUT2D eigenvalue weighted by atomic mass is 10.2. The number of carbonyl (C=O) groups excluding carboxylic acids is 1. The first-order valence-electron chi connectivity index (χ1n) is 10.3. The molecule has 0 unspecified atom stereocenters. The maximum absolute atomic E-state index is 13.3. The van der Waals surface area contributed by atoms with Gasteiger partial charge in [-0.25, -0.2) is 10.4 Å². The molecule has 34 heavy (non-hydrogen) atoms. The van der Waals surface area contributed by atoms with Crippen molar-refractivity contribution in [2.75, 3.05) is 12.9 Å². The van der Waals surface area contributed by atoms with Crippen molar-refractivity contribution in [3.05, 3.63) is 92.7 Å². The Labute approximate surface area is 209 Å². The summed E-state index contributed by atoms with van der Waals surface area (Å²) < 4.78 is 7.73. The van der Waals surface area contributed by atoms with Crippen LogP contribution in [0.4, 0.5) is 0 Å². The number of methoxy groups -OCH3 is 1. The molecular formula is C25H21BrN4O3S. The third-order valence-electron chi connectivity index (χ3n) is 5.02. The highest BCUT2D eigenvalue weighted by Crippen LogP contribution is 2.23. The number of fused-ring (bicyclic) bond motifs is 1. The molecule has 4 rings (SSSR count). The monoisotopic (exact) mass is 536 g/mol. The van der Waals surface area contributed by atoms with Gasteiger partial charge in [0.15, 0.2) is 5.16 Å². The second-order valence-corrected chi connectivity index (χ2v) is 9.16. The summed E-state index contributed by atoms with van der Waals surface area (Å²) in [5.74, 6) is 0.344. The average Bonchev–Trinajstić information content (AvgIpc) is 2.84. The number of hydrazone groups is 1. The highest BCUT2D eigenvalue weighted by Gasteiger charge is 2.15. The van der Waals surface area contributed by atoms with Crippen LogP contribution in [0.5, 0.6) is 5.75 Å². The molecule has 4 aromatic rings. The maximum atomic E-state index is 13.3. The summed E-state index contributed by atoms with van der Waals surface area (Å²) in [6.45, 7) is 1.93. The first-order chi connectivity index (χ1) is 16.5. The second kappa shape index (κ2) is 10.7. The van der Waals surface area contributed by atoms with Gasteiger partial charge in [0.25, 0.3) is 11.5 Å². The molecule has 3 aromatic carbocycles. The van der Waals surface area contributed by atoms with Gasteiger partial charge in [0.2, 0.25) is 0 Å². The van der Waals surface area contributed by atoms with Crippen molar-refractivity contribution in [1.29, 1.82) is 0 Å². The molecule has 0 aliphatic rings. The van der Waals surface area contributed by atoms with Gasteiger partial charge in [-0.05, 0) is 48.9 Å². The number of hydrogen-bond acceptors (Lipinski definition) is 6. The minimum atomic E-state index is -0.325. The van der Waals surface area contributed by atoms with Gasteiger partial charge in [0.1, 0.15) is 5.75 Å². The molecule has 0 aliphatic heterocycles. The van der Waals surface area contributed by atoms with Crippen LogP contribution in [-0.4, -0.2) is 34.5 Å². The standard InChI is InChI=1S/C25H21BrN4O3S/c1-16-7-3-6-10-21(16)30-24(32)19-8-4-5-9-20(19)28-25(30)34-15-23(31)29-27-14-17-13-18(26)11-12-22(17)33-2/h3-14H,15H2,1-2H3,(H,29,31)/b27-14+. The molecule has 7 nitrogen and oxygen atoms in total. The summed E-state index contributed by atoms with van der Waals surface area (Å²) in [6, 6.07) is 20.3. The van der Waals surface area contributed by atoms with Gasteiger partial charge < -0.3 is 4.74 Å². The molecule has 0 spiro atoms. The molecule has 0 aliphatic carbocycles. The number of para-hydroxylation sites is 2. The van der Waals surface area contributed by atoms with Crippen molar-refractivity contribution in [2.45, 2.75) is 12.1 Å². The van der Waals surface area contributed by atoms with Gasteiger partial charge in [-0.2, -0.15) is 5.10 Å². The van der Waals surface area contributed by atoms with Crippen molar-refractivity contribution in [2.24, 2.45) is 5.10 Å². The van der Waals surface area contributed by atoms with Crippen LogP contribution >= 0.6 is 27.7 Å². The molecule has 0 saturated carbocycles. The average molecular weight is 537 g/mol.